The van der Waals surface area contributed by atoms with Crippen molar-refractivity contribution in [3.8, 4) is 5.75 Å². The number of aromatic nitrogens is 1. The minimum Gasteiger partial charge on any atom is -0.505 e. The molecule has 0 aliphatic carbocycles. The van der Waals surface area contributed by atoms with E-state index in [0.717, 1.165) is 17.2 Å². The van der Waals surface area contributed by atoms with Gasteiger partial charge >= 0.3 is 0 Å². The fourth-order valence-electron chi connectivity index (χ4n) is 2.80. The highest BCUT2D eigenvalue weighted by Gasteiger charge is 2.47. The van der Waals surface area contributed by atoms with Gasteiger partial charge in [-0.05, 0) is 42.7 Å². The molecule has 9 nitrogen and oxygen atoms in total. The molecular formula is C16H19FN5O4+. The largest absolute Gasteiger partial charge is 0.505 e. The molecule has 1 aromatic heterocycles. The first-order valence-corrected chi connectivity index (χ1v) is 7.79. The van der Waals surface area contributed by atoms with Gasteiger partial charge in [0.1, 0.15) is 11.6 Å². The summed E-state index contributed by atoms with van der Waals surface area (Å²) in [5, 5.41) is 31.1. The molecule has 0 bridgehead atoms. The van der Waals surface area contributed by atoms with Gasteiger partial charge in [0.2, 0.25) is 0 Å². The number of phenols is 1. The Morgan fingerprint density at radius 3 is 2.65 bits per heavy atom. The minimum atomic E-state index is -2.06. The number of amides is 1. The zero-order chi connectivity index (χ0) is 19.1. The van der Waals surface area contributed by atoms with Gasteiger partial charge in [-0.3, -0.25) is 4.79 Å². The molecule has 0 saturated carbocycles. The summed E-state index contributed by atoms with van der Waals surface area (Å²) in [6, 6.07) is 4.36. The van der Waals surface area contributed by atoms with Gasteiger partial charge in [-0.2, -0.15) is 0 Å². The van der Waals surface area contributed by atoms with Crippen LogP contribution in [0.3, 0.4) is 0 Å². The number of quaternary nitrogens is 1. The Kier molecular flexibility index (Phi) is 4.40. The van der Waals surface area contributed by atoms with Crippen molar-refractivity contribution in [2.45, 2.75) is 20.4 Å². The molecule has 2 heterocycles. The maximum Gasteiger partial charge on any atom is 0.298 e. The number of hydrogen-bond donors (Lipinski definition) is 5. The van der Waals surface area contributed by atoms with Crippen LogP contribution in [0.2, 0.25) is 0 Å². The smallest absolute Gasteiger partial charge is 0.298 e. The van der Waals surface area contributed by atoms with Crippen molar-refractivity contribution in [1.82, 2.24) is 10.4 Å². The van der Waals surface area contributed by atoms with Gasteiger partial charge in [0, 0.05) is 12.7 Å². The first-order chi connectivity index (χ1) is 12.2. The van der Waals surface area contributed by atoms with E-state index in [-0.39, 0.29) is 6.54 Å². The van der Waals surface area contributed by atoms with Crippen molar-refractivity contribution in [2.75, 3.05) is 16.9 Å². The Morgan fingerprint density at radius 2 is 2.08 bits per heavy atom. The molecule has 0 unspecified atom stereocenters. The second-order valence-corrected chi connectivity index (χ2v) is 6.14. The number of pyridine rings is 1. The van der Waals surface area contributed by atoms with Crippen LogP contribution in [0, 0.1) is 19.7 Å². The number of carbonyl (C=O) groups excluding carboxylic acids is 1. The number of nitrogens with zero attached hydrogens (tertiary/aromatic N) is 3. The molecule has 1 fully saturated rings. The van der Waals surface area contributed by atoms with E-state index in [0.29, 0.717) is 16.4 Å². The normalized spacial score (nSPS) is 15.9. The second kappa shape index (κ2) is 6.41. The minimum absolute atomic E-state index is 0.192. The lowest BCUT2D eigenvalue weighted by Gasteiger charge is -2.24. The molecule has 1 aromatic carbocycles. The van der Waals surface area contributed by atoms with Crippen molar-refractivity contribution < 1.29 is 29.7 Å². The Labute approximate surface area is 148 Å². The van der Waals surface area contributed by atoms with Crippen LogP contribution in [0.5, 0.6) is 5.75 Å². The van der Waals surface area contributed by atoms with Crippen LogP contribution in [0.1, 0.15) is 16.7 Å². The predicted molar refractivity (Wildman–Crippen MR) is 88.4 cm³/mol. The van der Waals surface area contributed by atoms with Gasteiger partial charge < -0.3 is 10.4 Å². The number of benzene rings is 1. The first-order valence-electron chi connectivity index (χ1n) is 7.79. The maximum atomic E-state index is 14.5. The molecule has 1 amide bonds. The number of halogens is 1. The highest BCUT2D eigenvalue weighted by Crippen LogP contribution is 2.35. The lowest BCUT2D eigenvalue weighted by molar-refractivity contribution is -1.27. The van der Waals surface area contributed by atoms with E-state index in [9.17, 15) is 24.7 Å². The zero-order valence-electron chi connectivity index (χ0n) is 14.2. The zero-order valence-corrected chi connectivity index (χ0v) is 14.2. The topological polar surface area (TPSA) is 118 Å². The van der Waals surface area contributed by atoms with Gasteiger partial charge in [0.25, 0.3) is 5.91 Å². The number of nitrogens with one attached hydrogen (secondary N) is 2. The number of aryl methyl sites for hydroxylation is 2. The third-order valence-electron chi connectivity index (χ3n) is 3.94. The molecule has 5 N–H and O–H groups in total. The molecule has 3 rings (SSSR count). The maximum absolute atomic E-state index is 14.5. The van der Waals surface area contributed by atoms with Gasteiger partial charge in [-0.25, -0.2) is 9.37 Å². The van der Waals surface area contributed by atoms with E-state index < -0.39 is 34.7 Å². The molecule has 0 spiro atoms. The number of rotatable bonds is 4. The van der Waals surface area contributed by atoms with E-state index in [1.54, 1.807) is 11.6 Å². The molecular weight excluding hydrogens is 345 g/mol. The van der Waals surface area contributed by atoms with Crippen LogP contribution < -0.4 is 15.8 Å². The average Bonchev–Trinajstić information content (AvgIpc) is 2.78. The molecule has 0 atom stereocenters. The van der Waals surface area contributed by atoms with Crippen molar-refractivity contribution >= 4 is 17.4 Å². The molecule has 0 radical (unpaired) electrons. The predicted octanol–water partition coefficient (Wildman–Crippen LogP) is 1.52. The summed E-state index contributed by atoms with van der Waals surface area (Å²) in [7, 11) is 0. The van der Waals surface area contributed by atoms with Gasteiger partial charge in [0.05, 0.1) is 0 Å². The molecule has 26 heavy (non-hydrogen) atoms. The molecule has 1 aliphatic heterocycles. The van der Waals surface area contributed by atoms with Crippen molar-refractivity contribution in [3.63, 3.8) is 0 Å². The molecule has 1 saturated heterocycles. The Bertz CT molecular complexity index is 851. The van der Waals surface area contributed by atoms with Crippen LogP contribution in [0.25, 0.3) is 0 Å². The van der Waals surface area contributed by atoms with Crippen LogP contribution in [-0.2, 0) is 11.3 Å². The van der Waals surface area contributed by atoms with Crippen molar-refractivity contribution in [2.24, 2.45) is 0 Å². The quantitative estimate of drug-likeness (QED) is 0.522. The highest BCUT2D eigenvalue weighted by atomic mass is 19.1. The van der Waals surface area contributed by atoms with E-state index in [4.69, 9.17) is 0 Å². The monoisotopic (exact) mass is 364 g/mol. The molecule has 1 aliphatic rings. The number of hydrogen-bond acceptors (Lipinski definition) is 7. The third-order valence-corrected chi connectivity index (χ3v) is 3.94. The fraction of sp³-hybridized carbons (Fsp3) is 0.250. The summed E-state index contributed by atoms with van der Waals surface area (Å²) >= 11 is 0. The summed E-state index contributed by atoms with van der Waals surface area (Å²) in [5.41, 5.74) is 3.67. The van der Waals surface area contributed by atoms with Gasteiger partial charge in [-0.15, -0.1) is 20.8 Å². The lowest BCUT2D eigenvalue weighted by Crippen LogP contribution is -2.57. The van der Waals surface area contributed by atoms with Crippen molar-refractivity contribution in [1.29, 1.82) is 0 Å². The Morgan fingerprint density at radius 1 is 1.35 bits per heavy atom. The van der Waals surface area contributed by atoms with Gasteiger partial charge in [0.15, 0.2) is 23.1 Å². The first kappa shape index (κ1) is 17.9. The summed E-state index contributed by atoms with van der Waals surface area (Å²) in [6.45, 7) is 3.48. The standard InChI is InChI=1S/C16H18FN5O4/c1-9-3-10(2)16(18-6-9)19-7-11-4-12(17)15(13(23)5-11)21-8-14(24)20-22(21,25)26/h3-6,25-26H,7-8H2,1-2H3,(H2-,18,19,20,23,24)/p+1. The van der Waals surface area contributed by atoms with Crippen LogP contribution in [-0.4, -0.2) is 38.0 Å². The summed E-state index contributed by atoms with van der Waals surface area (Å²) < 4.78 is 14.5. The Hall–Kier alpha value is -2.95. The van der Waals surface area contributed by atoms with Crippen LogP contribution in [0.15, 0.2) is 24.4 Å². The highest BCUT2D eigenvalue weighted by molar-refractivity contribution is 5.82. The molecule has 138 valence electrons. The van der Waals surface area contributed by atoms with E-state index in [1.165, 1.54) is 6.07 Å². The molecule has 2 aromatic rings. The third kappa shape index (κ3) is 3.38. The number of aromatic hydroxyl groups is 1. The van der Waals surface area contributed by atoms with Crippen LogP contribution >= 0.6 is 0 Å². The SMILES string of the molecule is Cc1cnc(NCc2cc(O)c(N3CC(=O)N[N+]3(O)O)c(F)c2)c(C)c1. The van der Waals surface area contributed by atoms with Crippen LogP contribution in [0.4, 0.5) is 15.9 Å². The Balaban J connectivity index is 1.82. The summed E-state index contributed by atoms with van der Waals surface area (Å²) in [4.78, 5) is 15.6. The number of anilines is 2. The fourth-order valence-corrected chi connectivity index (χ4v) is 2.80. The number of phenolic OH excluding ortho intramolecular Hbond substituents is 1. The van der Waals surface area contributed by atoms with E-state index >= 15 is 0 Å². The van der Waals surface area contributed by atoms with E-state index in [2.05, 4.69) is 10.3 Å². The lowest BCUT2D eigenvalue weighted by atomic mass is 10.1. The van der Waals surface area contributed by atoms with E-state index in [1.807, 2.05) is 19.9 Å². The summed E-state index contributed by atoms with van der Waals surface area (Å²) in [6.07, 6.45) is 1.70. The number of carbonyl (C=O) groups is 1. The molecule has 10 heteroatoms. The summed E-state index contributed by atoms with van der Waals surface area (Å²) in [5.74, 6) is -1.54. The second-order valence-electron chi connectivity index (χ2n) is 6.14. The van der Waals surface area contributed by atoms with Crippen molar-refractivity contribution in [3.05, 3.63) is 46.9 Å². The average molecular weight is 364 g/mol. The van der Waals surface area contributed by atoms with Gasteiger partial charge in [-0.1, -0.05) is 6.07 Å².